The number of benzene rings is 1. The minimum absolute atomic E-state index is 0.0429. The Bertz CT molecular complexity index is 548. The second kappa shape index (κ2) is 5.99. The summed E-state index contributed by atoms with van der Waals surface area (Å²) in [6, 6.07) is 10.00. The van der Waals surface area contributed by atoms with E-state index in [1.165, 1.54) is 5.56 Å². The first kappa shape index (κ1) is 14.4. The molecule has 0 amide bonds. The molecule has 0 spiro atoms. The number of halogens is 1. The average molecular weight is 296 g/mol. The maximum Gasteiger partial charge on any atom is 0.0945 e. The lowest BCUT2D eigenvalue weighted by atomic mass is 10.1. The van der Waals surface area contributed by atoms with E-state index in [1.807, 2.05) is 49.8 Å². The van der Waals surface area contributed by atoms with Crippen LogP contribution in [0.3, 0.4) is 0 Å². The first-order valence-electron chi connectivity index (χ1n) is 6.15. The van der Waals surface area contributed by atoms with Crippen LogP contribution >= 0.6 is 23.4 Å². The summed E-state index contributed by atoms with van der Waals surface area (Å²) in [4.78, 5) is 0. The van der Waals surface area contributed by atoms with Crippen molar-refractivity contribution in [2.24, 2.45) is 12.8 Å². The average Bonchev–Trinajstić information content (AvgIpc) is 2.66. The van der Waals surface area contributed by atoms with E-state index in [2.05, 4.69) is 11.2 Å². The van der Waals surface area contributed by atoms with Gasteiger partial charge in [-0.25, -0.2) is 0 Å². The third kappa shape index (κ3) is 3.53. The summed E-state index contributed by atoms with van der Waals surface area (Å²) in [5, 5.41) is 6.42. The Kier molecular flexibility index (Phi) is 4.55. The van der Waals surface area contributed by atoms with Crippen LogP contribution in [0.4, 0.5) is 0 Å². The first-order valence-corrected chi connectivity index (χ1v) is 7.41. The molecule has 2 rings (SSSR count). The number of thioether (sulfide) groups is 1. The van der Waals surface area contributed by atoms with Gasteiger partial charge in [-0.15, -0.1) is 0 Å². The zero-order chi connectivity index (χ0) is 14.0. The van der Waals surface area contributed by atoms with Gasteiger partial charge >= 0.3 is 0 Å². The molecule has 0 aliphatic rings. The second-order valence-corrected chi connectivity index (χ2v) is 6.29. The summed E-state index contributed by atoms with van der Waals surface area (Å²) in [5.74, 6) is 0. The van der Waals surface area contributed by atoms with Crippen LogP contribution in [-0.2, 0) is 7.05 Å². The van der Waals surface area contributed by atoms with Crippen molar-refractivity contribution in [1.29, 1.82) is 0 Å². The fraction of sp³-hybridized carbons (Fsp3) is 0.357. The molecule has 2 aromatic rings. The summed E-state index contributed by atoms with van der Waals surface area (Å²) in [7, 11) is 1.95. The Morgan fingerprint density at radius 2 is 1.95 bits per heavy atom. The fourth-order valence-electron chi connectivity index (χ4n) is 1.96. The van der Waals surface area contributed by atoms with E-state index < -0.39 is 0 Å². The SMILES string of the molecule is Cc1cc(SC(c2ccc(Cl)cc2)C(C)N)n(C)n1. The van der Waals surface area contributed by atoms with Crippen molar-refractivity contribution in [3.8, 4) is 0 Å². The Balaban J connectivity index is 2.26. The smallest absolute Gasteiger partial charge is 0.0945 e. The molecule has 19 heavy (non-hydrogen) atoms. The molecule has 1 aromatic heterocycles. The van der Waals surface area contributed by atoms with Crippen molar-refractivity contribution >= 4 is 23.4 Å². The summed E-state index contributed by atoms with van der Waals surface area (Å²) >= 11 is 7.67. The van der Waals surface area contributed by atoms with Crippen LogP contribution in [0, 0.1) is 6.92 Å². The maximum atomic E-state index is 6.13. The summed E-state index contributed by atoms with van der Waals surface area (Å²) in [5.41, 5.74) is 8.33. The van der Waals surface area contributed by atoms with Gasteiger partial charge in [0.15, 0.2) is 0 Å². The molecule has 0 saturated carbocycles. The lowest BCUT2D eigenvalue weighted by Gasteiger charge is -2.20. The van der Waals surface area contributed by atoms with E-state index in [0.717, 1.165) is 15.7 Å². The number of rotatable bonds is 4. The molecule has 5 heteroatoms. The molecule has 0 fully saturated rings. The zero-order valence-electron chi connectivity index (χ0n) is 11.3. The zero-order valence-corrected chi connectivity index (χ0v) is 12.9. The molecule has 3 nitrogen and oxygen atoms in total. The molecule has 2 atom stereocenters. The van der Waals surface area contributed by atoms with Crippen molar-refractivity contribution in [1.82, 2.24) is 9.78 Å². The normalized spacial score (nSPS) is 14.4. The number of hydrogen-bond donors (Lipinski definition) is 1. The van der Waals surface area contributed by atoms with E-state index >= 15 is 0 Å². The van der Waals surface area contributed by atoms with E-state index in [0.29, 0.717) is 0 Å². The van der Waals surface area contributed by atoms with Gasteiger partial charge in [-0.1, -0.05) is 35.5 Å². The molecule has 2 unspecified atom stereocenters. The van der Waals surface area contributed by atoms with E-state index in [1.54, 1.807) is 11.8 Å². The topological polar surface area (TPSA) is 43.8 Å². The van der Waals surface area contributed by atoms with Crippen molar-refractivity contribution in [3.05, 3.63) is 46.6 Å². The van der Waals surface area contributed by atoms with Gasteiger partial charge in [0, 0.05) is 18.1 Å². The van der Waals surface area contributed by atoms with Gasteiger partial charge in [-0.2, -0.15) is 5.10 Å². The van der Waals surface area contributed by atoms with Gasteiger partial charge in [-0.05, 0) is 37.6 Å². The standard InChI is InChI=1S/C14H18ClN3S/c1-9-8-13(18(3)17-9)19-14(10(2)16)11-4-6-12(15)7-5-11/h4-8,10,14H,16H2,1-3H3. The van der Waals surface area contributed by atoms with Crippen molar-refractivity contribution in [2.75, 3.05) is 0 Å². The maximum absolute atomic E-state index is 6.13. The van der Waals surface area contributed by atoms with Gasteiger partial charge in [0.2, 0.25) is 0 Å². The van der Waals surface area contributed by atoms with Crippen LogP contribution in [0.2, 0.25) is 5.02 Å². The highest BCUT2D eigenvalue weighted by Gasteiger charge is 2.19. The van der Waals surface area contributed by atoms with E-state index in [-0.39, 0.29) is 11.3 Å². The molecular weight excluding hydrogens is 278 g/mol. The third-order valence-corrected chi connectivity index (χ3v) is 4.71. The van der Waals surface area contributed by atoms with Crippen molar-refractivity contribution in [2.45, 2.75) is 30.2 Å². The van der Waals surface area contributed by atoms with Crippen molar-refractivity contribution in [3.63, 3.8) is 0 Å². The minimum Gasteiger partial charge on any atom is -0.327 e. The Labute approximate surface area is 123 Å². The molecule has 0 aliphatic heterocycles. The van der Waals surface area contributed by atoms with Gasteiger partial charge in [0.05, 0.1) is 16.0 Å². The monoisotopic (exact) mass is 295 g/mol. The van der Waals surface area contributed by atoms with E-state index in [4.69, 9.17) is 17.3 Å². The van der Waals surface area contributed by atoms with Crippen LogP contribution < -0.4 is 5.73 Å². The van der Waals surface area contributed by atoms with Gasteiger partial charge in [0.25, 0.3) is 0 Å². The second-order valence-electron chi connectivity index (χ2n) is 4.70. The first-order chi connectivity index (χ1) is 8.97. The molecule has 102 valence electrons. The van der Waals surface area contributed by atoms with E-state index in [9.17, 15) is 0 Å². The number of hydrogen-bond acceptors (Lipinski definition) is 3. The third-order valence-electron chi connectivity index (χ3n) is 2.88. The summed E-state index contributed by atoms with van der Waals surface area (Å²) in [6.45, 7) is 4.02. The molecule has 0 aliphatic carbocycles. The number of aryl methyl sites for hydroxylation is 2. The van der Waals surface area contributed by atoms with Gasteiger partial charge in [0.1, 0.15) is 0 Å². The molecule has 2 N–H and O–H groups in total. The lowest BCUT2D eigenvalue weighted by Crippen LogP contribution is -2.22. The largest absolute Gasteiger partial charge is 0.327 e. The van der Waals surface area contributed by atoms with Gasteiger partial charge < -0.3 is 5.73 Å². The van der Waals surface area contributed by atoms with Gasteiger partial charge in [-0.3, -0.25) is 4.68 Å². The molecule has 1 heterocycles. The highest BCUT2D eigenvalue weighted by Crippen LogP contribution is 2.37. The number of aromatic nitrogens is 2. The fourth-order valence-corrected chi connectivity index (χ4v) is 3.28. The number of nitrogens with zero attached hydrogens (tertiary/aromatic N) is 2. The number of nitrogens with two attached hydrogens (primary N) is 1. The Hall–Kier alpha value is -0.970. The summed E-state index contributed by atoms with van der Waals surface area (Å²) in [6.07, 6.45) is 0. The highest BCUT2D eigenvalue weighted by molar-refractivity contribution is 7.99. The van der Waals surface area contributed by atoms with Crippen LogP contribution in [0.15, 0.2) is 35.4 Å². The predicted octanol–water partition coefficient (Wildman–Crippen LogP) is 3.56. The van der Waals surface area contributed by atoms with Crippen LogP contribution in [0.1, 0.15) is 23.4 Å². The molecular formula is C14H18ClN3S. The Morgan fingerprint density at radius 1 is 1.32 bits per heavy atom. The molecule has 0 saturated heterocycles. The summed E-state index contributed by atoms with van der Waals surface area (Å²) < 4.78 is 1.89. The molecule has 0 radical (unpaired) electrons. The Morgan fingerprint density at radius 3 is 2.42 bits per heavy atom. The van der Waals surface area contributed by atoms with Crippen LogP contribution in [0.25, 0.3) is 0 Å². The lowest BCUT2D eigenvalue weighted by molar-refractivity contribution is 0.680. The predicted molar refractivity (Wildman–Crippen MR) is 81.6 cm³/mol. The van der Waals surface area contributed by atoms with Crippen molar-refractivity contribution < 1.29 is 0 Å². The molecule has 0 bridgehead atoms. The highest BCUT2D eigenvalue weighted by atomic mass is 35.5. The quantitative estimate of drug-likeness (QED) is 0.877. The molecule has 1 aromatic carbocycles. The minimum atomic E-state index is 0.0429. The van der Waals surface area contributed by atoms with Crippen LogP contribution in [-0.4, -0.2) is 15.8 Å². The van der Waals surface area contributed by atoms with Crippen LogP contribution in [0.5, 0.6) is 0 Å².